The van der Waals surface area contributed by atoms with Crippen molar-refractivity contribution in [2.24, 2.45) is 0 Å². The summed E-state index contributed by atoms with van der Waals surface area (Å²) in [4.78, 5) is 27.1. The molecule has 0 spiro atoms. The topological polar surface area (TPSA) is 70.6 Å². The van der Waals surface area contributed by atoms with Gasteiger partial charge >= 0.3 is 0 Å². The number of nitrogens with zero attached hydrogens (tertiary/aromatic N) is 4. The van der Waals surface area contributed by atoms with Gasteiger partial charge in [0.1, 0.15) is 5.82 Å². The van der Waals surface area contributed by atoms with Crippen LogP contribution < -0.4 is 15.1 Å². The van der Waals surface area contributed by atoms with Gasteiger partial charge in [0.25, 0.3) is 5.91 Å². The Morgan fingerprint density at radius 2 is 1.67 bits per heavy atom. The Bertz CT molecular complexity index is 1490. The Kier molecular flexibility index (Phi) is 9.23. The third-order valence-corrected chi connectivity index (χ3v) is 8.89. The van der Waals surface area contributed by atoms with Gasteiger partial charge in [0.2, 0.25) is 0 Å². The SMILES string of the molecule is O=C(NC[C@H]1CCCO1)c1ccc(CSc2nc(-c3ccccc3)cc(N3CCN(c4ccccc4Cl)CC3)n2)cc1. The van der Waals surface area contributed by atoms with E-state index >= 15 is 0 Å². The smallest absolute Gasteiger partial charge is 0.251 e. The van der Waals surface area contributed by atoms with Crippen molar-refractivity contribution < 1.29 is 9.53 Å². The zero-order valence-corrected chi connectivity index (χ0v) is 25.0. The van der Waals surface area contributed by atoms with E-state index in [1.54, 1.807) is 11.8 Å². The van der Waals surface area contributed by atoms with Crippen molar-refractivity contribution in [2.75, 3.05) is 49.1 Å². The molecule has 6 rings (SSSR count). The fourth-order valence-electron chi connectivity index (χ4n) is 5.30. The van der Waals surface area contributed by atoms with Gasteiger partial charge in [-0.1, -0.05) is 78.0 Å². The van der Waals surface area contributed by atoms with E-state index in [1.807, 2.05) is 60.7 Å². The number of benzene rings is 3. The van der Waals surface area contributed by atoms with Crippen molar-refractivity contribution in [1.82, 2.24) is 15.3 Å². The molecule has 2 aliphatic rings. The Morgan fingerprint density at radius 1 is 0.929 bits per heavy atom. The first-order valence-electron chi connectivity index (χ1n) is 14.4. The van der Waals surface area contributed by atoms with Crippen molar-refractivity contribution in [1.29, 1.82) is 0 Å². The number of thioether (sulfide) groups is 1. The molecule has 0 bridgehead atoms. The molecule has 216 valence electrons. The number of hydrogen-bond donors (Lipinski definition) is 1. The summed E-state index contributed by atoms with van der Waals surface area (Å²) in [5.74, 6) is 1.57. The van der Waals surface area contributed by atoms with Crippen LogP contribution in [-0.2, 0) is 10.5 Å². The number of aromatic nitrogens is 2. The molecule has 0 saturated carbocycles. The lowest BCUT2D eigenvalue weighted by Gasteiger charge is -2.37. The van der Waals surface area contributed by atoms with Crippen LogP contribution in [0.5, 0.6) is 0 Å². The summed E-state index contributed by atoms with van der Waals surface area (Å²) in [7, 11) is 0. The van der Waals surface area contributed by atoms with Crippen LogP contribution in [-0.4, -0.2) is 61.3 Å². The van der Waals surface area contributed by atoms with E-state index in [4.69, 9.17) is 26.3 Å². The molecular weight excluding hydrogens is 566 g/mol. The molecule has 2 fully saturated rings. The number of hydrogen-bond acceptors (Lipinski definition) is 7. The second-order valence-electron chi connectivity index (χ2n) is 10.5. The van der Waals surface area contributed by atoms with Crippen LogP contribution >= 0.6 is 23.4 Å². The molecule has 1 amide bonds. The van der Waals surface area contributed by atoms with Gasteiger partial charge < -0.3 is 19.9 Å². The lowest BCUT2D eigenvalue weighted by Crippen LogP contribution is -2.47. The van der Waals surface area contributed by atoms with E-state index in [2.05, 4.69) is 39.4 Å². The Hall–Kier alpha value is -3.59. The molecule has 4 aromatic rings. The molecule has 0 radical (unpaired) electrons. The van der Waals surface area contributed by atoms with E-state index in [9.17, 15) is 4.79 Å². The van der Waals surface area contributed by atoms with Gasteiger partial charge in [0, 0.05) is 62.3 Å². The molecule has 42 heavy (non-hydrogen) atoms. The number of para-hydroxylation sites is 1. The lowest BCUT2D eigenvalue weighted by atomic mass is 10.1. The Morgan fingerprint density at radius 3 is 2.40 bits per heavy atom. The number of anilines is 2. The van der Waals surface area contributed by atoms with Crippen molar-refractivity contribution in [2.45, 2.75) is 29.9 Å². The Balaban J connectivity index is 1.13. The van der Waals surface area contributed by atoms with Gasteiger partial charge in [-0.3, -0.25) is 4.79 Å². The predicted octanol–water partition coefficient (Wildman–Crippen LogP) is 6.32. The number of piperazine rings is 1. The first-order valence-corrected chi connectivity index (χ1v) is 15.8. The van der Waals surface area contributed by atoms with Crippen LogP contribution in [0.1, 0.15) is 28.8 Å². The highest BCUT2D eigenvalue weighted by atomic mass is 35.5. The van der Waals surface area contributed by atoms with Crippen LogP contribution in [0.3, 0.4) is 0 Å². The molecule has 9 heteroatoms. The van der Waals surface area contributed by atoms with Crippen LogP contribution in [0.25, 0.3) is 11.3 Å². The van der Waals surface area contributed by atoms with Crippen LogP contribution in [0, 0.1) is 0 Å². The van der Waals surface area contributed by atoms with Gasteiger partial charge in [-0.2, -0.15) is 0 Å². The number of ether oxygens (including phenoxy) is 1. The van der Waals surface area contributed by atoms with E-state index < -0.39 is 0 Å². The van der Waals surface area contributed by atoms with Gasteiger partial charge in [0.15, 0.2) is 5.16 Å². The molecule has 1 N–H and O–H groups in total. The summed E-state index contributed by atoms with van der Waals surface area (Å²) in [6.07, 6.45) is 2.20. The quantitative estimate of drug-likeness (QED) is 0.178. The maximum Gasteiger partial charge on any atom is 0.251 e. The molecule has 1 atom stereocenters. The minimum atomic E-state index is -0.0668. The molecule has 3 heterocycles. The second kappa shape index (κ2) is 13.6. The minimum Gasteiger partial charge on any atom is -0.376 e. The van der Waals surface area contributed by atoms with E-state index in [-0.39, 0.29) is 12.0 Å². The first-order chi connectivity index (χ1) is 20.6. The zero-order valence-electron chi connectivity index (χ0n) is 23.4. The van der Waals surface area contributed by atoms with Gasteiger partial charge in [-0.15, -0.1) is 0 Å². The number of nitrogens with one attached hydrogen (secondary N) is 1. The fourth-order valence-corrected chi connectivity index (χ4v) is 6.36. The van der Waals surface area contributed by atoms with Crippen molar-refractivity contribution in [3.63, 3.8) is 0 Å². The summed E-state index contributed by atoms with van der Waals surface area (Å²) in [6.45, 7) is 4.76. The number of amides is 1. The third-order valence-electron chi connectivity index (χ3n) is 7.66. The highest BCUT2D eigenvalue weighted by molar-refractivity contribution is 7.98. The maximum atomic E-state index is 12.6. The number of carbonyl (C=O) groups excluding carboxylic acids is 1. The highest BCUT2D eigenvalue weighted by Gasteiger charge is 2.21. The summed E-state index contributed by atoms with van der Waals surface area (Å²) < 4.78 is 5.60. The molecule has 7 nitrogen and oxygen atoms in total. The summed E-state index contributed by atoms with van der Waals surface area (Å²) in [6, 6.07) is 28.1. The average molecular weight is 600 g/mol. The largest absolute Gasteiger partial charge is 0.376 e. The normalized spacial score (nSPS) is 16.9. The maximum absolute atomic E-state index is 12.6. The van der Waals surface area contributed by atoms with Crippen molar-refractivity contribution in [3.8, 4) is 11.3 Å². The van der Waals surface area contributed by atoms with Gasteiger partial charge in [0.05, 0.1) is 22.5 Å². The Labute approximate surface area is 256 Å². The monoisotopic (exact) mass is 599 g/mol. The number of rotatable bonds is 9. The van der Waals surface area contributed by atoms with E-state index in [1.165, 1.54) is 0 Å². The first kappa shape index (κ1) is 28.5. The zero-order chi connectivity index (χ0) is 28.7. The third kappa shape index (κ3) is 7.06. The van der Waals surface area contributed by atoms with Crippen LogP contribution in [0.15, 0.2) is 90.1 Å². The molecule has 2 aliphatic heterocycles. The van der Waals surface area contributed by atoms with Crippen LogP contribution in [0.4, 0.5) is 11.5 Å². The fraction of sp³-hybridized carbons (Fsp3) is 0.303. The minimum absolute atomic E-state index is 0.0668. The average Bonchev–Trinajstić information content (AvgIpc) is 3.57. The van der Waals surface area contributed by atoms with Gasteiger partial charge in [-0.25, -0.2) is 9.97 Å². The summed E-state index contributed by atoms with van der Waals surface area (Å²) in [5, 5.41) is 4.51. The highest BCUT2D eigenvalue weighted by Crippen LogP contribution is 2.30. The molecule has 3 aromatic carbocycles. The van der Waals surface area contributed by atoms with Gasteiger partial charge in [-0.05, 0) is 42.7 Å². The summed E-state index contributed by atoms with van der Waals surface area (Å²) >= 11 is 8.07. The lowest BCUT2D eigenvalue weighted by molar-refractivity contribution is 0.0858. The molecule has 1 aromatic heterocycles. The van der Waals surface area contributed by atoms with Crippen molar-refractivity contribution in [3.05, 3.63) is 101 Å². The second-order valence-corrected chi connectivity index (χ2v) is 11.9. The van der Waals surface area contributed by atoms with Crippen LogP contribution in [0.2, 0.25) is 5.02 Å². The number of halogens is 1. The molecular formula is C33H34ClN5O2S. The van der Waals surface area contributed by atoms with E-state index in [0.717, 1.165) is 84.1 Å². The molecule has 2 saturated heterocycles. The number of carbonyl (C=O) groups is 1. The molecule has 0 aliphatic carbocycles. The summed E-state index contributed by atoms with van der Waals surface area (Å²) in [5.41, 5.74) is 4.82. The van der Waals surface area contributed by atoms with E-state index in [0.29, 0.717) is 17.9 Å². The molecule has 0 unspecified atom stereocenters. The standard InChI is InChI=1S/C33H34ClN5O2S/c34-28-10-4-5-11-30(28)38-16-18-39(19-17-38)31-21-29(25-7-2-1-3-8-25)36-33(37-31)42-23-24-12-14-26(15-13-24)32(40)35-22-27-9-6-20-41-27/h1-5,7-8,10-15,21,27H,6,9,16-20,22-23H2,(H,35,40)/t27-/m1/s1. The predicted molar refractivity (Wildman–Crippen MR) is 171 cm³/mol. The van der Waals surface area contributed by atoms with Crippen molar-refractivity contribution >= 4 is 40.8 Å².